The number of amides is 1. The second kappa shape index (κ2) is 17.6. The zero-order valence-electron chi connectivity index (χ0n) is 28.1. The smallest absolute Gasteiger partial charge is 0.414 e. The summed E-state index contributed by atoms with van der Waals surface area (Å²) in [4.78, 5) is 53.3. The Morgan fingerprint density at radius 2 is 1.61 bits per heavy atom. The van der Waals surface area contributed by atoms with E-state index in [0.717, 1.165) is 21.9 Å². The number of ether oxygens (including phenoxy) is 1. The highest BCUT2D eigenvalue weighted by atomic mass is 19.4. The number of aliphatic hydroxyl groups excluding tert-OH is 1. The Morgan fingerprint density at radius 1 is 0.918 bits per heavy atom. The molecule has 1 aliphatic rings. The summed E-state index contributed by atoms with van der Waals surface area (Å²) in [7, 11) is 0. The van der Waals surface area contributed by atoms with Crippen molar-refractivity contribution < 1.29 is 42.2 Å². The van der Waals surface area contributed by atoms with Gasteiger partial charge in [-0.2, -0.15) is 13.2 Å². The lowest BCUT2D eigenvalue weighted by Gasteiger charge is -2.30. The molecule has 0 radical (unpaired) electrons. The summed E-state index contributed by atoms with van der Waals surface area (Å²) in [6, 6.07) is 21.2. The fourth-order valence-corrected chi connectivity index (χ4v) is 6.81. The molecule has 2 N–H and O–H groups in total. The van der Waals surface area contributed by atoms with Crippen molar-refractivity contribution in [1.29, 1.82) is 0 Å². The maximum atomic E-state index is 14.0. The van der Waals surface area contributed by atoms with E-state index in [2.05, 4.69) is 5.32 Å². The van der Waals surface area contributed by atoms with Crippen LogP contribution in [0.15, 0.2) is 72.8 Å². The first kappa shape index (κ1) is 37.8. The molecule has 5 atom stereocenters. The number of Topliss-reactive ketones (excluding diaryl/α,β-unsaturated/α-hetero) is 3. The van der Waals surface area contributed by atoms with Gasteiger partial charge >= 0.3 is 12.3 Å². The van der Waals surface area contributed by atoms with Gasteiger partial charge in [0.25, 0.3) is 0 Å². The van der Waals surface area contributed by atoms with Crippen LogP contribution in [0.25, 0.3) is 10.8 Å². The van der Waals surface area contributed by atoms with Gasteiger partial charge in [0.05, 0.1) is 6.04 Å². The van der Waals surface area contributed by atoms with Gasteiger partial charge in [0, 0.05) is 43.4 Å². The Bertz CT molecular complexity index is 1570. The predicted octanol–water partition coefficient (Wildman–Crippen LogP) is 7.95. The molecule has 7 nitrogen and oxygen atoms in total. The summed E-state index contributed by atoms with van der Waals surface area (Å²) in [5.74, 6) is -4.36. The standard InChI is InChI=1S/C39H46F3NO6/c1-25(2)19-30(35(45)23-31(37(47)39(40,41)42)20-29-14-7-9-18-34(29)44)22-36(46)33(43-38(48)49-24-26-11-4-3-5-12-26)21-28-16-10-15-27-13-6-8-17-32(27)28/h3-6,8,10-13,15-17,25,29-31,33,37,47H,7,9,14,18-24H2,1-2H3,(H,43,48)/t29-,30+,31+,33-,37?/m0/s1. The number of nitrogens with one attached hydrogen (secondary N) is 1. The second-order valence-electron chi connectivity index (χ2n) is 13.7. The van der Waals surface area contributed by atoms with E-state index < -0.39 is 60.2 Å². The van der Waals surface area contributed by atoms with Gasteiger partial charge in [-0.1, -0.05) is 93.1 Å². The fraction of sp³-hybridized carbons (Fsp3) is 0.487. The van der Waals surface area contributed by atoms with Crippen molar-refractivity contribution in [3.8, 4) is 0 Å². The van der Waals surface area contributed by atoms with Crippen LogP contribution in [-0.4, -0.2) is 46.9 Å². The number of ketones is 3. The summed E-state index contributed by atoms with van der Waals surface area (Å²) in [5.41, 5.74) is 1.54. The molecule has 1 amide bonds. The maximum absolute atomic E-state index is 14.0. The normalized spacial score (nSPS) is 17.7. The molecule has 3 aromatic rings. The molecule has 1 fully saturated rings. The number of halogens is 3. The highest BCUT2D eigenvalue weighted by Gasteiger charge is 2.46. The summed E-state index contributed by atoms with van der Waals surface area (Å²) in [5, 5.41) is 14.8. The number of fused-ring (bicyclic) bond motifs is 1. The molecule has 0 spiro atoms. The monoisotopic (exact) mass is 681 g/mol. The molecule has 0 bridgehead atoms. The van der Waals surface area contributed by atoms with E-state index in [1.165, 1.54) is 0 Å². The maximum Gasteiger partial charge on any atom is 0.414 e. The molecule has 1 aliphatic carbocycles. The number of alkyl carbamates (subject to hydrolysis) is 1. The van der Waals surface area contributed by atoms with Crippen molar-refractivity contribution in [3.05, 3.63) is 83.9 Å². The molecule has 264 valence electrons. The van der Waals surface area contributed by atoms with Gasteiger partial charge in [-0.25, -0.2) is 4.79 Å². The van der Waals surface area contributed by atoms with Crippen molar-refractivity contribution in [2.24, 2.45) is 23.7 Å². The van der Waals surface area contributed by atoms with Crippen molar-refractivity contribution in [1.82, 2.24) is 5.32 Å². The number of hydrogen-bond acceptors (Lipinski definition) is 6. The number of carbonyl (C=O) groups is 4. The van der Waals surface area contributed by atoms with Crippen LogP contribution in [0.2, 0.25) is 0 Å². The van der Waals surface area contributed by atoms with Gasteiger partial charge in [-0.3, -0.25) is 14.4 Å². The van der Waals surface area contributed by atoms with E-state index in [-0.39, 0.29) is 50.4 Å². The quantitative estimate of drug-likeness (QED) is 0.159. The predicted molar refractivity (Wildman–Crippen MR) is 181 cm³/mol. The minimum Gasteiger partial charge on any atom is -0.445 e. The zero-order chi connectivity index (χ0) is 35.6. The molecular weight excluding hydrogens is 635 g/mol. The number of alkyl halides is 3. The Kier molecular flexibility index (Phi) is 13.5. The lowest BCUT2D eigenvalue weighted by atomic mass is 9.76. The topological polar surface area (TPSA) is 110 Å². The first-order valence-corrected chi connectivity index (χ1v) is 17.1. The number of carbonyl (C=O) groups excluding carboxylic acids is 4. The van der Waals surface area contributed by atoms with Crippen LogP contribution in [0.4, 0.5) is 18.0 Å². The molecule has 49 heavy (non-hydrogen) atoms. The fourth-order valence-electron chi connectivity index (χ4n) is 6.81. The van der Waals surface area contributed by atoms with Gasteiger partial charge in [-0.15, -0.1) is 0 Å². The number of rotatable bonds is 16. The molecule has 10 heteroatoms. The van der Waals surface area contributed by atoms with E-state index in [1.54, 1.807) is 24.3 Å². The van der Waals surface area contributed by atoms with Crippen LogP contribution in [0.3, 0.4) is 0 Å². The van der Waals surface area contributed by atoms with Gasteiger partial charge in [-0.05, 0) is 53.5 Å². The second-order valence-corrected chi connectivity index (χ2v) is 13.7. The van der Waals surface area contributed by atoms with Gasteiger partial charge in [0.15, 0.2) is 11.9 Å². The summed E-state index contributed by atoms with van der Waals surface area (Å²) in [6.07, 6.45) is -7.36. The first-order valence-electron chi connectivity index (χ1n) is 17.1. The minimum absolute atomic E-state index is 0.0251. The van der Waals surface area contributed by atoms with E-state index in [9.17, 15) is 37.5 Å². The van der Waals surface area contributed by atoms with Crippen LogP contribution in [0.1, 0.15) is 76.3 Å². The average molecular weight is 682 g/mol. The molecule has 0 aliphatic heterocycles. The highest BCUT2D eigenvalue weighted by molar-refractivity contribution is 5.93. The Balaban J connectivity index is 1.56. The molecule has 0 aromatic heterocycles. The lowest BCUT2D eigenvalue weighted by molar-refractivity contribution is -0.221. The molecule has 1 unspecified atom stereocenters. The Labute approximate surface area is 285 Å². The van der Waals surface area contributed by atoms with Crippen LogP contribution < -0.4 is 5.32 Å². The molecule has 0 saturated heterocycles. The lowest BCUT2D eigenvalue weighted by Crippen LogP contribution is -2.44. The van der Waals surface area contributed by atoms with Crippen molar-refractivity contribution in [2.45, 2.75) is 96.6 Å². The summed E-state index contributed by atoms with van der Waals surface area (Å²) in [6.45, 7) is 3.67. The minimum atomic E-state index is -4.97. The van der Waals surface area contributed by atoms with E-state index in [1.807, 2.05) is 62.4 Å². The number of benzene rings is 3. The van der Waals surface area contributed by atoms with E-state index >= 15 is 0 Å². The molecular formula is C39H46F3NO6. The van der Waals surface area contributed by atoms with E-state index in [4.69, 9.17) is 4.74 Å². The van der Waals surface area contributed by atoms with Crippen LogP contribution in [-0.2, 0) is 32.1 Å². The Hall–Kier alpha value is -4.05. The van der Waals surface area contributed by atoms with Crippen LogP contribution >= 0.6 is 0 Å². The molecule has 0 heterocycles. The van der Waals surface area contributed by atoms with Crippen molar-refractivity contribution in [3.63, 3.8) is 0 Å². The molecule has 1 saturated carbocycles. The van der Waals surface area contributed by atoms with Gasteiger partial charge in [0.1, 0.15) is 18.2 Å². The van der Waals surface area contributed by atoms with Crippen LogP contribution in [0, 0.1) is 23.7 Å². The largest absolute Gasteiger partial charge is 0.445 e. The van der Waals surface area contributed by atoms with Crippen molar-refractivity contribution >= 4 is 34.2 Å². The van der Waals surface area contributed by atoms with Gasteiger partial charge < -0.3 is 15.2 Å². The third-order valence-corrected chi connectivity index (χ3v) is 9.37. The first-order chi connectivity index (χ1) is 23.3. The van der Waals surface area contributed by atoms with Crippen LogP contribution in [0.5, 0.6) is 0 Å². The molecule has 4 rings (SSSR count). The Morgan fingerprint density at radius 3 is 2.31 bits per heavy atom. The third kappa shape index (κ3) is 11.2. The SMILES string of the molecule is CC(C)C[C@H](CC(=O)[C@H](Cc1cccc2ccccc12)NC(=O)OCc1ccccc1)C(=O)C[C@@H](C[C@@H]1CCCCC1=O)C(O)C(F)(F)F. The average Bonchev–Trinajstić information content (AvgIpc) is 3.07. The van der Waals surface area contributed by atoms with E-state index in [0.29, 0.717) is 19.3 Å². The van der Waals surface area contributed by atoms with Gasteiger partial charge in [0.2, 0.25) is 0 Å². The number of aliphatic hydroxyl groups is 1. The summed E-state index contributed by atoms with van der Waals surface area (Å²) >= 11 is 0. The zero-order valence-corrected chi connectivity index (χ0v) is 28.1. The number of hydrogen-bond donors (Lipinski definition) is 2. The molecule has 3 aromatic carbocycles. The summed E-state index contributed by atoms with van der Waals surface area (Å²) < 4.78 is 46.8. The third-order valence-electron chi connectivity index (χ3n) is 9.37. The highest BCUT2D eigenvalue weighted by Crippen LogP contribution is 2.36. The van der Waals surface area contributed by atoms with Crippen molar-refractivity contribution in [2.75, 3.05) is 0 Å².